The van der Waals surface area contributed by atoms with Gasteiger partial charge in [-0.2, -0.15) is 4.89 Å². The van der Waals surface area contributed by atoms with Gasteiger partial charge in [0.25, 0.3) is 6.29 Å². The lowest BCUT2D eigenvalue weighted by Gasteiger charge is -2.16. The van der Waals surface area contributed by atoms with Crippen molar-refractivity contribution in [3.8, 4) is 0 Å². The van der Waals surface area contributed by atoms with Crippen LogP contribution in [0, 0.1) is 0 Å². The van der Waals surface area contributed by atoms with E-state index >= 15 is 0 Å². The zero-order valence-electron chi connectivity index (χ0n) is 13.0. The van der Waals surface area contributed by atoms with Gasteiger partial charge in [0.05, 0.1) is 6.61 Å². The number of ether oxygens (including phenoxy) is 2. The number of nitrogens with zero attached hydrogens (tertiary/aromatic N) is 1. The third kappa shape index (κ3) is 8.28. The Hall–Kier alpha value is -1.98. The van der Waals surface area contributed by atoms with Crippen LogP contribution in [-0.2, 0) is 25.4 Å². The van der Waals surface area contributed by atoms with Crippen LogP contribution >= 0.6 is 8.03 Å². The average Bonchev–Trinajstić information content (AvgIpc) is 2.53. The number of esters is 1. The van der Waals surface area contributed by atoms with Crippen LogP contribution < -0.4 is 0 Å². The number of benzene rings is 1. The Kier molecular flexibility index (Phi) is 8.87. The van der Waals surface area contributed by atoms with Gasteiger partial charge >= 0.3 is 20.1 Å². The number of carbonyl (C=O) groups excluding carboxylic acids is 2. The molecule has 1 unspecified atom stereocenters. The van der Waals surface area contributed by atoms with Gasteiger partial charge in [-0.05, 0) is 16.5 Å². The third-order valence-electron chi connectivity index (χ3n) is 2.84. The highest BCUT2D eigenvalue weighted by molar-refractivity contribution is 7.37. The van der Waals surface area contributed by atoms with E-state index in [1.54, 1.807) is 24.3 Å². The average molecular weight is 342 g/mol. The van der Waals surface area contributed by atoms with Crippen molar-refractivity contribution in [1.82, 2.24) is 4.90 Å². The standard InChI is InChI=1S/C15H20NO6P/c1-2-3-9-21-14(17)10-16(12-23(19)20)15(18)22-11-13-7-5-4-6-8-13/h4-8H,2-3,9-12H2,1H3/p+1. The Morgan fingerprint density at radius 3 is 2.52 bits per heavy atom. The fourth-order valence-corrected chi connectivity index (χ4v) is 2.17. The highest BCUT2D eigenvalue weighted by Crippen LogP contribution is 2.16. The van der Waals surface area contributed by atoms with Crippen LogP contribution in [-0.4, -0.2) is 41.3 Å². The second-order valence-corrected chi connectivity index (χ2v) is 5.79. The van der Waals surface area contributed by atoms with E-state index in [9.17, 15) is 14.2 Å². The van der Waals surface area contributed by atoms with Crippen molar-refractivity contribution in [3.63, 3.8) is 0 Å². The number of hydrogen-bond acceptors (Lipinski definition) is 5. The van der Waals surface area contributed by atoms with Crippen LogP contribution in [0.15, 0.2) is 30.3 Å². The lowest BCUT2D eigenvalue weighted by atomic mass is 10.2. The van der Waals surface area contributed by atoms with Gasteiger partial charge in [0, 0.05) is 0 Å². The minimum absolute atomic E-state index is 0.0171. The summed E-state index contributed by atoms with van der Waals surface area (Å²) in [6, 6.07) is 9.00. The van der Waals surface area contributed by atoms with Crippen LogP contribution in [0.5, 0.6) is 0 Å². The van der Waals surface area contributed by atoms with Crippen molar-refractivity contribution < 1.29 is 28.5 Å². The van der Waals surface area contributed by atoms with E-state index in [0.717, 1.165) is 23.3 Å². The second-order valence-electron chi connectivity index (χ2n) is 4.81. The Balaban J connectivity index is 2.52. The summed E-state index contributed by atoms with van der Waals surface area (Å²) in [4.78, 5) is 33.5. The summed E-state index contributed by atoms with van der Waals surface area (Å²) in [7, 11) is -2.62. The van der Waals surface area contributed by atoms with E-state index in [1.807, 2.05) is 13.0 Å². The van der Waals surface area contributed by atoms with E-state index in [1.165, 1.54) is 0 Å². The van der Waals surface area contributed by atoms with Crippen LogP contribution in [0.2, 0.25) is 0 Å². The van der Waals surface area contributed by atoms with E-state index < -0.39 is 32.9 Å². The monoisotopic (exact) mass is 342 g/mol. The normalized spacial score (nSPS) is 10.8. The Bertz CT molecular complexity index is 522. The molecule has 0 saturated carbocycles. The van der Waals surface area contributed by atoms with E-state index in [2.05, 4.69) is 0 Å². The maximum absolute atomic E-state index is 12.0. The molecule has 23 heavy (non-hydrogen) atoms. The van der Waals surface area contributed by atoms with Crippen LogP contribution in [0.25, 0.3) is 0 Å². The van der Waals surface area contributed by atoms with Crippen LogP contribution in [0.4, 0.5) is 4.79 Å². The molecule has 1 amide bonds. The minimum atomic E-state index is -2.62. The molecule has 1 rings (SSSR count). The number of hydrogen-bond donors (Lipinski definition) is 1. The van der Waals surface area contributed by atoms with Gasteiger partial charge in [0.2, 0.25) is 0 Å². The molecule has 0 aromatic heterocycles. The zero-order valence-corrected chi connectivity index (χ0v) is 13.9. The molecule has 0 bridgehead atoms. The Morgan fingerprint density at radius 1 is 1.22 bits per heavy atom. The molecule has 7 nitrogen and oxygen atoms in total. The molecular formula is C15H21NO6P+. The molecule has 0 aliphatic rings. The fourth-order valence-electron chi connectivity index (χ4n) is 1.66. The highest BCUT2D eigenvalue weighted by atomic mass is 31.1. The molecule has 0 spiro atoms. The molecule has 0 fully saturated rings. The molecule has 0 aliphatic heterocycles. The second kappa shape index (κ2) is 10.7. The first-order chi connectivity index (χ1) is 11.0. The van der Waals surface area contributed by atoms with Crippen LogP contribution in [0.1, 0.15) is 25.3 Å². The largest absolute Gasteiger partial charge is 0.527 e. The molecule has 126 valence electrons. The number of unbranched alkanes of at least 4 members (excludes halogenated alkanes) is 1. The predicted octanol–water partition coefficient (Wildman–Crippen LogP) is 2.66. The highest BCUT2D eigenvalue weighted by Gasteiger charge is 2.27. The summed E-state index contributed by atoms with van der Waals surface area (Å²) in [6.45, 7) is 1.81. The quantitative estimate of drug-likeness (QED) is 0.421. The van der Waals surface area contributed by atoms with Gasteiger partial charge in [-0.1, -0.05) is 43.7 Å². The molecule has 0 radical (unpaired) electrons. The van der Waals surface area contributed by atoms with Crippen molar-refractivity contribution in [2.24, 2.45) is 0 Å². The lowest BCUT2D eigenvalue weighted by molar-refractivity contribution is -0.144. The van der Waals surface area contributed by atoms with E-state index in [0.29, 0.717) is 0 Å². The fraction of sp³-hybridized carbons (Fsp3) is 0.467. The summed E-state index contributed by atoms with van der Waals surface area (Å²) in [5, 5.41) is 0. The van der Waals surface area contributed by atoms with Crippen molar-refractivity contribution in [2.75, 3.05) is 19.4 Å². The van der Waals surface area contributed by atoms with E-state index in [4.69, 9.17) is 14.4 Å². The lowest BCUT2D eigenvalue weighted by Crippen LogP contribution is -2.36. The molecular weight excluding hydrogens is 321 g/mol. The molecule has 8 heteroatoms. The first kappa shape index (κ1) is 19.1. The first-order valence-electron chi connectivity index (χ1n) is 7.27. The van der Waals surface area contributed by atoms with Crippen molar-refractivity contribution in [2.45, 2.75) is 26.4 Å². The molecule has 0 aliphatic carbocycles. The minimum Gasteiger partial charge on any atom is -0.464 e. The Labute approximate surface area is 136 Å². The van der Waals surface area contributed by atoms with Crippen molar-refractivity contribution in [1.29, 1.82) is 0 Å². The topological polar surface area (TPSA) is 93.1 Å². The molecule has 1 aromatic carbocycles. The van der Waals surface area contributed by atoms with Gasteiger partial charge in [0.1, 0.15) is 13.2 Å². The molecule has 0 heterocycles. The summed E-state index contributed by atoms with van der Waals surface area (Å²) >= 11 is 0. The Morgan fingerprint density at radius 2 is 1.91 bits per heavy atom. The van der Waals surface area contributed by atoms with Crippen LogP contribution in [0.3, 0.4) is 0 Å². The maximum atomic E-state index is 12.0. The number of carbonyl (C=O) groups is 2. The SMILES string of the molecule is CCCCOC(=O)CN(C[P+](=O)O)C(=O)OCc1ccccc1. The van der Waals surface area contributed by atoms with E-state index in [-0.39, 0.29) is 13.2 Å². The number of amides is 1. The summed E-state index contributed by atoms with van der Waals surface area (Å²) in [6.07, 6.45) is 0.279. The van der Waals surface area contributed by atoms with Crippen molar-refractivity contribution >= 4 is 20.1 Å². The van der Waals surface area contributed by atoms with Gasteiger partial charge < -0.3 is 9.47 Å². The van der Waals surface area contributed by atoms with Crippen molar-refractivity contribution in [3.05, 3.63) is 35.9 Å². The molecule has 1 N–H and O–H groups in total. The number of rotatable bonds is 9. The summed E-state index contributed by atoms with van der Waals surface area (Å²) < 4.78 is 21.0. The van der Waals surface area contributed by atoms with Gasteiger partial charge in [-0.25, -0.2) is 4.79 Å². The third-order valence-corrected chi connectivity index (χ3v) is 3.42. The van der Waals surface area contributed by atoms with Gasteiger partial charge in [-0.15, -0.1) is 0 Å². The first-order valence-corrected chi connectivity index (χ1v) is 8.67. The maximum Gasteiger partial charge on any atom is 0.527 e. The summed E-state index contributed by atoms with van der Waals surface area (Å²) in [5.41, 5.74) is 0.778. The molecule has 1 atom stereocenters. The zero-order chi connectivity index (χ0) is 17.1. The summed E-state index contributed by atoms with van der Waals surface area (Å²) in [5.74, 6) is -0.632. The smallest absolute Gasteiger partial charge is 0.464 e. The van der Waals surface area contributed by atoms with Gasteiger partial charge in [0.15, 0.2) is 0 Å². The molecule has 1 aromatic rings. The van der Waals surface area contributed by atoms with Gasteiger partial charge in [-0.3, -0.25) is 9.69 Å². The molecule has 0 saturated heterocycles. The predicted molar refractivity (Wildman–Crippen MR) is 83.9 cm³/mol.